The molecule has 0 N–H and O–H groups in total. The number of amides is 1. The lowest BCUT2D eigenvalue weighted by Crippen LogP contribution is -2.33. The fraction of sp³-hybridized carbons (Fsp3) is 0.0811. The number of nitrogens with zero attached hydrogens (tertiary/aromatic N) is 5. The lowest BCUT2D eigenvalue weighted by molar-refractivity contribution is -0.113. The van der Waals surface area contributed by atoms with Crippen LogP contribution >= 0.6 is 24.0 Å². The van der Waals surface area contributed by atoms with Gasteiger partial charge in [0.1, 0.15) is 23.7 Å². The third-order valence-electron chi connectivity index (χ3n) is 7.95. The average Bonchev–Trinajstić information content (AvgIpc) is 3.72. The largest absolute Gasteiger partial charge is 0.489 e. The molecule has 3 heterocycles. The molecule has 10 heteroatoms. The highest BCUT2D eigenvalue weighted by atomic mass is 32.2. The lowest BCUT2D eigenvalue weighted by Gasteiger charge is -2.12. The van der Waals surface area contributed by atoms with Crippen molar-refractivity contribution in [1.82, 2.24) is 19.1 Å². The molecule has 1 amide bonds. The maximum absolute atomic E-state index is 14.0. The fourth-order valence-corrected chi connectivity index (χ4v) is 6.78. The van der Waals surface area contributed by atoms with E-state index < -0.39 is 0 Å². The van der Waals surface area contributed by atoms with Gasteiger partial charge in [0.05, 0.1) is 22.0 Å². The van der Waals surface area contributed by atoms with Crippen LogP contribution in [0.5, 0.6) is 5.75 Å². The zero-order valence-electron chi connectivity index (χ0n) is 25.6. The molecule has 0 saturated carbocycles. The van der Waals surface area contributed by atoms with Gasteiger partial charge in [0, 0.05) is 24.4 Å². The molecule has 2 aromatic heterocycles. The molecule has 6 aromatic rings. The smallest absolute Gasteiger partial charge is 0.296 e. The van der Waals surface area contributed by atoms with Crippen molar-refractivity contribution in [2.24, 2.45) is 7.05 Å². The van der Waals surface area contributed by atoms with E-state index in [2.05, 4.69) is 0 Å². The molecule has 0 aliphatic carbocycles. The third-order valence-corrected chi connectivity index (χ3v) is 9.25. The summed E-state index contributed by atoms with van der Waals surface area (Å²) in [5.74, 6) is 0.344. The summed E-state index contributed by atoms with van der Waals surface area (Å²) < 4.78 is 11.5. The third kappa shape index (κ3) is 5.84. The summed E-state index contributed by atoms with van der Waals surface area (Å²) in [6.45, 7) is 2.25. The molecular weight excluding hydrogens is 627 g/mol. The Morgan fingerprint density at radius 1 is 0.851 bits per heavy atom. The quantitative estimate of drug-likeness (QED) is 0.126. The topological polar surface area (TPSA) is 74.3 Å². The Bertz CT molecular complexity index is 2200. The zero-order valence-corrected chi connectivity index (χ0v) is 27.2. The van der Waals surface area contributed by atoms with Crippen molar-refractivity contribution in [3.63, 3.8) is 0 Å². The van der Waals surface area contributed by atoms with Gasteiger partial charge < -0.3 is 4.74 Å². The Morgan fingerprint density at radius 3 is 2.21 bits per heavy atom. The van der Waals surface area contributed by atoms with E-state index in [1.54, 1.807) is 27.2 Å². The molecule has 7 rings (SSSR count). The number of hydrogen-bond donors (Lipinski definition) is 0. The lowest BCUT2D eigenvalue weighted by atomic mass is 10.1. The number of para-hydroxylation sites is 2. The molecular formula is C37H29N5O3S2. The van der Waals surface area contributed by atoms with Gasteiger partial charge in [-0.25, -0.2) is 9.36 Å². The summed E-state index contributed by atoms with van der Waals surface area (Å²) >= 11 is 6.88. The Morgan fingerprint density at radius 2 is 1.51 bits per heavy atom. The van der Waals surface area contributed by atoms with Gasteiger partial charge >= 0.3 is 0 Å². The molecule has 1 fully saturated rings. The molecule has 1 aliphatic rings. The van der Waals surface area contributed by atoms with Gasteiger partial charge in [0.15, 0.2) is 4.32 Å². The number of rotatable bonds is 8. The molecule has 0 atom stereocenters. The first-order chi connectivity index (χ1) is 22.9. The fourth-order valence-electron chi connectivity index (χ4n) is 5.52. The predicted octanol–water partition coefficient (Wildman–Crippen LogP) is 7.32. The molecule has 4 aromatic carbocycles. The van der Waals surface area contributed by atoms with Gasteiger partial charge in [-0.1, -0.05) is 103 Å². The van der Waals surface area contributed by atoms with E-state index in [1.807, 2.05) is 128 Å². The number of anilines is 1. The molecule has 0 bridgehead atoms. The van der Waals surface area contributed by atoms with Gasteiger partial charge in [0.25, 0.3) is 11.5 Å². The highest BCUT2D eigenvalue weighted by Gasteiger charge is 2.38. The molecule has 47 heavy (non-hydrogen) atoms. The number of benzene rings is 4. The standard InChI is InChI=1S/C37H29N5O3S2/c1-25-34(36(44)42(39(25)2)30-18-10-5-11-19-30)41-35(43)32(47-37(41)46)22-28-23-40(29-16-8-4-9-17-29)38-33(28)27-15-12-20-31(21-27)45-24-26-13-6-3-7-14-26/h3-23H,24H2,1-2H3. The number of carbonyl (C=O) groups excluding carboxylic acids is 1. The van der Waals surface area contributed by atoms with Crippen molar-refractivity contribution >= 4 is 46.0 Å². The van der Waals surface area contributed by atoms with Crippen LogP contribution in [0.4, 0.5) is 5.69 Å². The highest BCUT2D eigenvalue weighted by molar-refractivity contribution is 8.27. The second-order valence-electron chi connectivity index (χ2n) is 10.9. The first kappa shape index (κ1) is 30.2. The van der Waals surface area contributed by atoms with Crippen LogP contribution in [0.3, 0.4) is 0 Å². The van der Waals surface area contributed by atoms with Crippen LogP contribution in [0.2, 0.25) is 0 Å². The maximum Gasteiger partial charge on any atom is 0.296 e. The molecule has 8 nitrogen and oxygen atoms in total. The number of hydrogen-bond acceptors (Lipinski definition) is 6. The molecule has 232 valence electrons. The van der Waals surface area contributed by atoms with Crippen molar-refractivity contribution in [2.45, 2.75) is 13.5 Å². The van der Waals surface area contributed by atoms with E-state index in [1.165, 1.54) is 16.7 Å². The first-order valence-corrected chi connectivity index (χ1v) is 16.2. The Balaban J connectivity index is 1.26. The molecule has 1 saturated heterocycles. The number of carbonyl (C=O) groups is 1. The van der Waals surface area contributed by atoms with Gasteiger partial charge in [-0.2, -0.15) is 5.10 Å². The van der Waals surface area contributed by atoms with E-state index in [9.17, 15) is 9.59 Å². The molecule has 0 radical (unpaired) electrons. The summed E-state index contributed by atoms with van der Waals surface area (Å²) in [5, 5.41) is 4.94. The van der Waals surface area contributed by atoms with Crippen molar-refractivity contribution in [1.29, 1.82) is 0 Å². The Hall–Kier alpha value is -5.45. The van der Waals surface area contributed by atoms with Gasteiger partial charge in [-0.15, -0.1) is 0 Å². The molecule has 1 aliphatic heterocycles. The van der Waals surface area contributed by atoms with Gasteiger partial charge in [-0.05, 0) is 55.0 Å². The second kappa shape index (κ2) is 12.7. The predicted molar refractivity (Wildman–Crippen MR) is 191 cm³/mol. The van der Waals surface area contributed by atoms with Crippen molar-refractivity contribution in [3.05, 3.63) is 154 Å². The van der Waals surface area contributed by atoms with Crippen molar-refractivity contribution in [3.8, 4) is 28.4 Å². The maximum atomic E-state index is 14.0. The Kier molecular flexibility index (Phi) is 8.19. The van der Waals surface area contributed by atoms with Crippen molar-refractivity contribution in [2.75, 3.05) is 4.90 Å². The summed E-state index contributed by atoms with van der Waals surface area (Å²) in [7, 11) is 1.79. The van der Waals surface area contributed by atoms with E-state index >= 15 is 0 Å². The summed E-state index contributed by atoms with van der Waals surface area (Å²) in [6.07, 6.45) is 3.69. The van der Waals surface area contributed by atoms with Gasteiger partial charge in [0.2, 0.25) is 0 Å². The van der Waals surface area contributed by atoms with E-state index in [0.29, 0.717) is 38.7 Å². The number of thiocarbonyl (C=S) groups is 1. The molecule has 0 unspecified atom stereocenters. The summed E-state index contributed by atoms with van der Waals surface area (Å²) in [5.41, 5.74) is 5.41. The number of thioether (sulfide) groups is 1. The summed E-state index contributed by atoms with van der Waals surface area (Å²) in [6, 6.07) is 36.8. The van der Waals surface area contributed by atoms with Crippen LogP contribution in [-0.4, -0.2) is 29.4 Å². The van der Waals surface area contributed by atoms with Crippen LogP contribution in [0.1, 0.15) is 16.8 Å². The van der Waals surface area contributed by atoms with Crippen LogP contribution in [0, 0.1) is 6.92 Å². The SMILES string of the molecule is Cc1c(N2C(=O)C(=Cc3cn(-c4ccccc4)nc3-c3cccc(OCc4ccccc4)c3)SC2=S)c(=O)n(-c2ccccc2)n1C. The minimum atomic E-state index is -0.357. The molecule has 0 spiro atoms. The van der Waals surface area contributed by atoms with Crippen molar-refractivity contribution < 1.29 is 9.53 Å². The van der Waals surface area contributed by atoms with Crippen LogP contribution in [0.25, 0.3) is 28.7 Å². The van der Waals surface area contributed by atoms with Crippen LogP contribution < -0.4 is 15.2 Å². The summed E-state index contributed by atoms with van der Waals surface area (Å²) in [4.78, 5) is 29.5. The second-order valence-corrected chi connectivity index (χ2v) is 12.6. The Labute approximate surface area is 281 Å². The number of aromatic nitrogens is 4. The normalized spacial score (nSPS) is 13.9. The van der Waals surface area contributed by atoms with Crippen LogP contribution in [-0.2, 0) is 18.4 Å². The minimum Gasteiger partial charge on any atom is -0.489 e. The van der Waals surface area contributed by atoms with Gasteiger partial charge in [-0.3, -0.25) is 19.2 Å². The number of ether oxygens (including phenoxy) is 1. The van der Waals surface area contributed by atoms with E-state index in [4.69, 9.17) is 22.1 Å². The minimum absolute atomic E-state index is 0.241. The first-order valence-electron chi connectivity index (χ1n) is 14.9. The average molecular weight is 656 g/mol. The van der Waals surface area contributed by atoms with E-state index in [0.717, 1.165) is 22.4 Å². The zero-order chi connectivity index (χ0) is 32.5. The monoisotopic (exact) mass is 655 g/mol. The highest BCUT2D eigenvalue weighted by Crippen LogP contribution is 2.38. The van der Waals surface area contributed by atoms with E-state index in [-0.39, 0.29) is 17.2 Å². The van der Waals surface area contributed by atoms with Crippen LogP contribution in [0.15, 0.2) is 131 Å².